The van der Waals surface area contributed by atoms with E-state index in [1.165, 1.54) is 17.4 Å². The minimum absolute atomic E-state index is 0.0391. The topological polar surface area (TPSA) is 85.6 Å². The molecule has 4 rings (SSSR count). The molecule has 8 heteroatoms. The van der Waals surface area contributed by atoms with Gasteiger partial charge in [0, 0.05) is 19.2 Å². The van der Waals surface area contributed by atoms with Crippen LogP contribution in [0, 0.1) is 16.0 Å². The fourth-order valence-electron chi connectivity index (χ4n) is 3.66. The van der Waals surface area contributed by atoms with E-state index in [4.69, 9.17) is 4.74 Å². The van der Waals surface area contributed by atoms with Crippen LogP contribution in [0.4, 0.5) is 11.4 Å². The van der Waals surface area contributed by atoms with Crippen molar-refractivity contribution in [1.82, 2.24) is 4.98 Å². The molecular formula is C21H21N3O4S. The monoisotopic (exact) mass is 411 g/mol. The summed E-state index contributed by atoms with van der Waals surface area (Å²) in [4.78, 5) is 30.1. The first-order chi connectivity index (χ1) is 14.0. The Balaban J connectivity index is 1.50. The summed E-state index contributed by atoms with van der Waals surface area (Å²) in [5, 5.41) is 12.3. The maximum Gasteiger partial charge on any atom is 0.338 e. The van der Waals surface area contributed by atoms with Crippen molar-refractivity contribution >= 4 is 38.9 Å². The Hall–Kier alpha value is -3.00. The fraction of sp³-hybridized carbons (Fsp3) is 0.333. The van der Waals surface area contributed by atoms with Crippen LogP contribution in [0.15, 0.2) is 42.5 Å². The minimum Gasteiger partial charge on any atom is -0.455 e. The summed E-state index contributed by atoms with van der Waals surface area (Å²) >= 11 is 1.46. The molecule has 1 saturated heterocycles. The Morgan fingerprint density at radius 2 is 2.17 bits per heavy atom. The van der Waals surface area contributed by atoms with Crippen LogP contribution >= 0.6 is 11.3 Å². The van der Waals surface area contributed by atoms with E-state index in [0.29, 0.717) is 16.6 Å². The number of thiazole rings is 1. The lowest BCUT2D eigenvalue weighted by Gasteiger charge is -2.32. The number of carbonyl (C=O) groups is 1. The number of aromatic nitrogens is 1. The van der Waals surface area contributed by atoms with Gasteiger partial charge < -0.3 is 9.64 Å². The zero-order valence-corrected chi connectivity index (χ0v) is 16.9. The summed E-state index contributed by atoms with van der Waals surface area (Å²) in [5.41, 5.74) is 1.53. The summed E-state index contributed by atoms with van der Waals surface area (Å²) in [7, 11) is 0. The van der Waals surface area contributed by atoms with Gasteiger partial charge in [-0.1, -0.05) is 19.1 Å². The Morgan fingerprint density at radius 3 is 2.93 bits per heavy atom. The second-order valence-electron chi connectivity index (χ2n) is 7.31. The lowest BCUT2D eigenvalue weighted by molar-refractivity contribution is -0.384. The summed E-state index contributed by atoms with van der Waals surface area (Å²) in [6.07, 6.45) is 2.13. The van der Waals surface area contributed by atoms with Crippen LogP contribution in [0.25, 0.3) is 10.2 Å². The van der Waals surface area contributed by atoms with E-state index < -0.39 is 10.9 Å². The number of nitro benzene ring substituents is 1. The highest BCUT2D eigenvalue weighted by Gasteiger charge is 2.25. The van der Waals surface area contributed by atoms with Crippen molar-refractivity contribution < 1.29 is 14.5 Å². The molecule has 1 fully saturated rings. The quantitative estimate of drug-likeness (QED) is 0.341. The molecule has 0 unspecified atom stereocenters. The SMILES string of the molecule is C[C@H]1CCCN(c2ccc(C(=O)OCc3nc4ccccc4s3)cc2[N+](=O)[O-])C1. The number of anilines is 1. The van der Waals surface area contributed by atoms with Crippen molar-refractivity contribution in [3.05, 3.63) is 63.1 Å². The number of rotatable bonds is 5. The van der Waals surface area contributed by atoms with E-state index in [1.54, 1.807) is 12.1 Å². The molecule has 7 nitrogen and oxygen atoms in total. The van der Waals surface area contributed by atoms with Crippen molar-refractivity contribution in [1.29, 1.82) is 0 Å². The smallest absolute Gasteiger partial charge is 0.338 e. The van der Waals surface area contributed by atoms with Crippen molar-refractivity contribution in [3.8, 4) is 0 Å². The molecule has 1 atom stereocenters. The Morgan fingerprint density at radius 1 is 1.34 bits per heavy atom. The molecule has 150 valence electrons. The van der Waals surface area contributed by atoms with Crippen molar-refractivity contribution in [2.24, 2.45) is 5.92 Å². The van der Waals surface area contributed by atoms with Crippen LogP contribution in [-0.2, 0) is 11.3 Å². The van der Waals surface area contributed by atoms with Gasteiger partial charge in [0.15, 0.2) is 0 Å². The van der Waals surface area contributed by atoms with Crippen LogP contribution < -0.4 is 4.90 Å². The zero-order chi connectivity index (χ0) is 20.4. The predicted molar refractivity (Wildman–Crippen MR) is 112 cm³/mol. The normalized spacial score (nSPS) is 16.7. The molecule has 3 aromatic rings. The molecule has 0 aliphatic carbocycles. The Kier molecular flexibility index (Phi) is 5.44. The van der Waals surface area contributed by atoms with Gasteiger partial charge in [0.25, 0.3) is 5.69 Å². The molecule has 1 aliphatic rings. The van der Waals surface area contributed by atoms with Gasteiger partial charge in [-0.25, -0.2) is 9.78 Å². The highest BCUT2D eigenvalue weighted by atomic mass is 32.1. The lowest BCUT2D eigenvalue weighted by Crippen LogP contribution is -2.34. The van der Waals surface area contributed by atoms with E-state index in [0.717, 1.165) is 36.1 Å². The van der Waals surface area contributed by atoms with Crippen LogP contribution in [0.3, 0.4) is 0 Å². The van der Waals surface area contributed by atoms with Gasteiger partial charge in [-0.2, -0.15) is 0 Å². The number of ether oxygens (including phenoxy) is 1. The minimum atomic E-state index is -0.592. The molecule has 29 heavy (non-hydrogen) atoms. The lowest BCUT2D eigenvalue weighted by atomic mass is 9.99. The second-order valence-corrected chi connectivity index (χ2v) is 8.42. The van der Waals surface area contributed by atoms with Gasteiger partial charge in [-0.3, -0.25) is 10.1 Å². The number of esters is 1. The van der Waals surface area contributed by atoms with E-state index >= 15 is 0 Å². The largest absolute Gasteiger partial charge is 0.455 e. The zero-order valence-electron chi connectivity index (χ0n) is 16.0. The van der Waals surface area contributed by atoms with Crippen molar-refractivity contribution in [2.75, 3.05) is 18.0 Å². The third kappa shape index (κ3) is 4.22. The number of para-hydroxylation sites is 1. The number of fused-ring (bicyclic) bond motifs is 1. The maximum atomic E-state index is 12.5. The Bertz CT molecular complexity index is 1030. The predicted octanol–water partition coefficient (Wildman–Crippen LogP) is 4.80. The van der Waals surface area contributed by atoms with Crippen LogP contribution in [-0.4, -0.2) is 29.0 Å². The summed E-state index contributed by atoms with van der Waals surface area (Å²) < 4.78 is 6.38. The number of nitro groups is 1. The van der Waals surface area contributed by atoms with Gasteiger partial charge in [0.05, 0.1) is 20.7 Å². The van der Waals surface area contributed by atoms with Gasteiger partial charge in [-0.05, 0) is 43.0 Å². The average molecular weight is 411 g/mol. The van der Waals surface area contributed by atoms with Gasteiger partial charge in [0.2, 0.25) is 0 Å². The standard InChI is InChI=1S/C21H21N3O4S/c1-14-5-4-10-23(12-14)17-9-8-15(11-18(17)24(26)27)21(25)28-13-20-22-16-6-2-3-7-19(16)29-20/h2-3,6-9,11,14H,4-5,10,12-13H2,1H3/t14-/m0/s1. The third-order valence-electron chi connectivity index (χ3n) is 5.07. The van der Waals surface area contributed by atoms with E-state index in [-0.39, 0.29) is 17.9 Å². The summed E-state index contributed by atoms with van der Waals surface area (Å²) in [6.45, 7) is 3.75. The first kappa shape index (κ1) is 19.3. The Labute approximate surface area is 172 Å². The molecule has 0 radical (unpaired) electrons. The molecule has 0 N–H and O–H groups in total. The van der Waals surface area contributed by atoms with E-state index in [1.807, 2.05) is 29.2 Å². The number of hydrogen-bond acceptors (Lipinski definition) is 7. The van der Waals surface area contributed by atoms with E-state index in [2.05, 4.69) is 11.9 Å². The molecule has 0 bridgehead atoms. The number of benzene rings is 2. The van der Waals surface area contributed by atoms with E-state index in [9.17, 15) is 14.9 Å². The highest BCUT2D eigenvalue weighted by Crippen LogP contribution is 2.32. The number of carbonyl (C=O) groups excluding carboxylic acids is 1. The van der Waals surface area contributed by atoms with Gasteiger partial charge in [0.1, 0.15) is 17.3 Å². The van der Waals surface area contributed by atoms with Gasteiger partial charge >= 0.3 is 5.97 Å². The van der Waals surface area contributed by atoms with Crippen LogP contribution in [0.1, 0.15) is 35.1 Å². The molecule has 2 heterocycles. The molecule has 1 aromatic heterocycles. The molecule has 0 spiro atoms. The third-order valence-corrected chi connectivity index (χ3v) is 6.08. The first-order valence-electron chi connectivity index (χ1n) is 9.56. The first-order valence-corrected chi connectivity index (χ1v) is 10.4. The summed E-state index contributed by atoms with van der Waals surface area (Å²) in [5.74, 6) is -0.104. The second kappa shape index (κ2) is 8.16. The highest BCUT2D eigenvalue weighted by molar-refractivity contribution is 7.18. The molecular weight excluding hydrogens is 390 g/mol. The summed E-state index contributed by atoms with van der Waals surface area (Å²) in [6, 6.07) is 12.3. The fourth-order valence-corrected chi connectivity index (χ4v) is 4.55. The molecule has 2 aromatic carbocycles. The molecule has 1 aliphatic heterocycles. The van der Waals surface area contributed by atoms with Crippen LogP contribution in [0.5, 0.6) is 0 Å². The molecule has 0 saturated carbocycles. The number of piperidine rings is 1. The van der Waals surface area contributed by atoms with Crippen LogP contribution in [0.2, 0.25) is 0 Å². The number of hydrogen-bond donors (Lipinski definition) is 0. The molecule has 0 amide bonds. The van der Waals surface area contributed by atoms with Crippen molar-refractivity contribution in [2.45, 2.75) is 26.4 Å². The number of nitrogens with zero attached hydrogens (tertiary/aromatic N) is 3. The average Bonchev–Trinajstić information content (AvgIpc) is 3.14. The maximum absolute atomic E-state index is 12.5. The van der Waals surface area contributed by atoms with Gasteiger partial charge in [-0.15, -0.1) is 11.3 Å². The van der Waals surface area contributed by atoms with Crippen molar-refractivity contribution in [3.63, 3.8) is 0 Å².